The Morgan fingerprint density at radius 3 is 2.94 bits per heavy atom. The molecular weight excluding hydrogens is 208 g/mol. The van der Waals surface area contributed by atoms with Gasteiger partial charge in [0.1, 0.15) is 0 Å². The van der Waals surface area contributed by atoms with Crippen LogP contribution in [0.25, 0.3) is 11.5 Å². The summed E-state index contributed by atoms with van der Waals surface area (Å²) in [5.41, 5.74) is 1.86. The molecule has 0 fully saturated rings. The van der Waals surface area contributed by atoms with E-state index in [-0.39, 0.29) is 5.82 Å². The molecule has 0 aliphatic heterocycles. The zero-order valence-electron chi connectivity index (χ0n) is 8.93. The number of carbonyl (C=O) groups is 1. The summed E-state index contributed by atoms with van der Waals surface area (Å²) in [6.07, 6.45) is 0. The van der Waals surface area contributed by atoms with Crippen molar-refractivity contribution in [1.82, 2.24) is 10.1 Å². The second kappa shape index (κ2) is 4.14. The first-order chi connectivity index (χ1) is 7.70. The lowest BCUT2D eigenvalue weighted by atomic mass is 10.1. The van der Waals surface area contributed by atoms with Crippen LogP contribution in [0.5, 0.6) is 0 Å². The van der Waals surface area contributed by atoms with Gasteiger partial charge >= 0.3 is 5.97 Å². The molecule has 0 aliphatic carbocycles. The number of hydrogen-bond acceptors (Lipinski definition) is 5. The largest absolute Gasteiger partial charge is 0.463 e. The molecular formula is C11H10N2O3. The first-order valence-corrected chi connectivity index (χ1v) is 4.70. The normalized spacial score (nSPS) is 10.1. The number of carbonyl (C=O) groups excluding carboxylic acids is 1. The molecule has 1 heterocycles. The van der Waals surface area contributed by atoms with E-state index in [4.69, 9.17) is 4.52 Å². The first kappa shape index (κ1) is 10.4. The molecule has 2 aromatic rings. The number of esters is 1. The summed E-state index contributed by atoms with van der Waals surface area (Å²) >= 11 is 0. The Morgan fingerprint density at radius 2 is 2.25 bits per heavy atom. The van der Waals surface area contributed by atoms with Crippen molar-refractivity contribution in [3.63, 3.8) is 0 Å². The van der Waals surface area contributed by atoms with Crippen LogP contribution in [-0.2, 0) is 4.74 Å². The summed E-state index contributed by atoms with van der Waals surface area (Å²) in [5, 5.41) is 3.53. The molecule has 1 aromatic carbocycles. The summed E-state index contributed by atoms with van der Waals surface area (Å²) in [5.74, 6) is -0.370. The average molecular weight is 218 g/mol. The van der Waals surface area contributed by atoms with E-state index < -0.39 is 5.97 Å². The van der Waals surface area contributed by atoms with Gasteiger partial charge in [-0.25, -0.2) is 4.79 Å². The van der Waals surface area contributed by atoms with Gasteiger partial charge in [-0.2, -0.15) is 4.98 Å². The zero-order valence-corrected chi connectivity index (χ0v) is 8.93. The summed E-state index contributed by atoms with van der Waals surface area (Å²) in [4.78, 5) is 15.1. The molecule has 0 atom stereocenters. The Kier molecular flexibility index (Phi) is 2.68. The molecule has 0 N–H and O–H groups in total. The second-order valence-corrected chi connectivity index (χ2v) is 3.28. The maximum atomic E-state index is 11.1. The topological polar surface area (TPSA) is 65.2 Å². The van der Waals surface area contributed by atoms with Gasteiger partial charge in [0, 0.05) is 5.56 Å². The summed E-state index contributed by atoms with van der Waals surface area (Å²) in [6.45, 7) is 1.96. The molecule has 5 nitrogen and oxygen atoms in total. The highest BCUT2D eigenvalue weighted by Gasteiger charge is 2.15. The van der Waals surface area contributed by atoms with Gasteiger partial charge in [-0.15, -0.1) is 0 Å². The molecule has 0 spiro atoms. The molecule has 0 aliphatic rings. The van der Waals surface area contributed by atoms with Crippen molar-refractivity contribution in [2.45, 2.75) is 6.92 Å². The smallest absolute Gasteiger partial charge is 0.379 e. The third-order valence-electron chi connectivity index (χ3n) is 2.06. The van der Waals surface area contributed by atoms with Crippen LogP contribution in [-0.4, -0.2) is 23.2 Å². The van der Waals surface area contributed by atoms with Gasteiger partial charge in [0.05, 0.1) is 7.11 Å². The fourth-order valence-electron chi connectivity index (χ4n) is 1.29. The van der Waals surface area contributed by atoms with Crippen molar-refractivity contribution in [2.75, 3.05) is 7.11 Å². The van der Waals surface area contributed by atoms with E-state index in [9.17, 15) is 4.79 Å². The molecule has 0 radical (unpaired) electrons. The maximum Gasteiger partial charge on any atom is 0.379 e. The maximum absolute atomic E-state index is 11.1. The fraction of sp³-hybridized carbons (Fsp3) is 0.182. The minimum atomic E-state index is -0.609. The molecule has 1 aromatic heterocycles. The van der Waals surface area contributed by atoms with Crippen molar-refractivity contribution < 1.29 is 14.1 Å². The van der Waals surface area contributed by atoms with E-state index in [0.717, 1.165) is 11.1 Å². The monoisotopic (exact) mass is 218 g/mol. The van der Waals surface area contributed by atoms with E-state index in [1.807, 2.05) is 31.2 Å². The van der Waals surface area contributed by atoms with Gasteiger partial charge in [0.15, 0.2) is 0 Å². The zero-order chi connectivity index (χ0) is 11.5. The van der Waals surface area contributed by atoms with Gasteiger partial charge in [-0.05, 0) is 24.2 Å². The quantitative estimate of drug-likeness (QED) is 0.719. The summed E-state index contributed by atoms with van der Waals surface area (Å²) in [7, 11) is 1.27. The SMILES string of the molecule is COC(=O)c1noc(-c2cccc(C)c2)n1. The lowest BCUT2D eigenvalue weighted by Gasteiger charge is -1.94. The highest BCUT2D eigenvalue weighted by molar-refractivity contribution is 5.85. The number of aromatic nitrogens is 2. The van der Waals surface area contributed by atoms with Crippen molar-refractivity contribution in [2.24, 2.45) is 0 Å². The Balaban J connectivity index is 2.35. The van der Waals surface area contributed by atoms with Crippen LogP contribution in [0.4, 0.5) is 0 Å². The minimum Gasteiger partial charge on any atom is -0.463 e. The molecule has 0 unspecified atom stereocenters. The molecule has 0 bridgehead atoms. The van der Waals surface area contributed by atoms with Crippen LogP contribution < -0.4 is 0 Å². The summed E-state index contributed by atoms with van der Waals surface area (Å²) in [6, 6.07) is 7.57. The molecule has 5 heteroatoms. The lowest BCUT2D eigenvalue weighted by molar-refractivity contribution is 0.0583. The average Bonchev–Trinajstić information content (AvgIpc) is 2.77. The fourth-order valence-corrected chi connectivity index (χ4v) is 1.29. The Hall–Kier alpha value is -2.17. The number of aryl methyl sites for hydroxylation is 1. The molecule has 0 amide bonds. The number of methoxy groups -OCH3 is 1. The van der Waals surface area contributed by atoms with Crippen LogP contribution in [0.1, 0.15) is 16.2 Å². The lowest BCUT2D eigenvalue weighted by Crippen LogP contribution is -2.03. The van der Waals surface area contributed by atoms with E-state index in [2.05, 4.69) is 14.9 Å². The van der Waals surface area contributed by atoms with Gasteiger partial charge in [0.25, 0.3) is 11.7 Å². The van der Waals surface area contributed by atoms with Crippen molar-refractivity contribution in [1.29, 1.82) is 0 Å². The number of nitrogens with zero attached hydrogens (tertiary/aromatic N) is 2. The molecule has 16 heavy (non-hydrogen) atoms. The van der Waals surface area contributed by atoms with Gasteiger partial charge in [-0.1, -0.05) is 17.7 Å². The molecule has 82 valence electrons. The van der Waals surface area contributed by atoms with Gasteiger partial charge in [-0.3, -0.25) is 0 Å². The highest BCUT2D eigenvalue weighted by atomic mass is 16.5. The number of rotatable bonds is 2. The van der Waals surface area contributed by atoms with Crippen molar-refractivity contribution in [3.05, 3.63) is 35.7 Å². The third-order valence-corrected chi connectivity index (χ3v) is 2.06. The predicted molar refractivity (Wildman–Crippen MR) is 55.8 cm³/mol. The van der Waals surface area contributed by atoms with Crippen LogP contribution in [0, 0.1) is 6.92 Å². The van der Waals surface area contributed by atoms with Crippen LogP contribution >= 0.6 is 0 Å². The van der Waals surface area contributed by atoms with Crippen molar-refractivity contribution >= 4 is 5.97 Å². The second-order valence-electron chi connectivity index (χ2n) is 3.28. The highest BCUT2D eigenvalue weighted by Crippen LogP contribution is 2.18. The number of ether oxygens (including phenoxy) is 1. The first-order valence-electron chi connectivity index (χ1n) is 4.70. The van der Waals surface area contributed by atoms with Gasteiger partial charge < -0.3 is 9.26 Å². The van der Waals surface area contributed by atoms with E-state index in [0.29, 0.717) is 5.89 Å². The molecule has 0 saturated carbocycles. The van der Waals surface area contributed by atoms with Gasteiger partial charge in [0.2, 0.25) is 0 Å². The number of benzene rings is 1. The standard InChI is InChI=1S/C11H10N2O3/c1-7-4-3-5-8(6-7)10-12-9(13-16-10)11(14)15-2/h3-6H,1-2H3. The summed E-state index contributed by atoms with van der Waals surface area (Å²) < 4.78 is 9.45. The Labute approximate surface area is 92.0 Å². The van der Waals surface area contributed by atoms with Crippen LogP contribution in [0.15, 0.2) is 28.8 Å². The Morgan fingerprint density at radius 1 is 1.44 bits per heavy atom. The number of hydrogen-bond donors (Lipinski definition) is 0. The van der Waals surface area contributed by atoms with E-state index in [1.165, 1.54) is 7.11 Å². The Bertz CT molecular complexity index is 519. The van der Waals surface area contributed by atoms with Crippen LogP contribution in [0.3, 0.4) is 0 Å². The predicted octanol–water partition coefficient (Wildman–Crippen LogP) is 1.83. The van der Waals surface area contributed by atoms with Crippen LogP contribution in [0.2, 0.25) is 0 Å². The minimum absolute atomic E-state index is 0.0704. The third kappa shape index (κ3) is 1.93. The van der Waals surface area contributed by atoms with Crippen molar-refractivity contribution in [3.8, 4) is 11.5 Å². The molecule has 0 saturated heterocycles. The molecule has 2 rings (SSSR count). The van der Waals surface area contributed by atoms with E-state index >= 15 is 0 Å². The van der Waals surface area contributed by atoms with E-state index in [1.54, 1.807) is 0 Å².